The molecule has 0 spiro atoms. The zero-order chi connectivity index (χ0) is 11.1. The monoisotopic (exact) mass is 213 g/mol. The molecule has 0 bridgehead atoms. The third kappa shape index (κ3) is 4.65. The molecule has 0 aliphatic heterocycles. The molecule has 0 saturated heterocycles. The fourth-order valence-corrected chi connectivity index (χ4v) is 2.17. The first kappa shape index (κ1) is 12.5. The van der Waals surface area contributed by atoms with Crippen LogP contribution in [-0.4, -0.2) is 23.7 Å². The zero-order valence-electron chi connectivity index (χ0n) is 9.67. The molecule has 1 rings (SSSR count). The lowest BCUT2D eigenvalue weighted by atomic mass is 9.99. The van der Waals surface area contributed by atoms with Crippen LogP contribution >= 0.6 is 0 Å². The molecule has 0 aromatic heterocycles. The van der Waals surface area contributed by atoms with Crippen molar-refractivity contribution in [3.8, 4) is 0 Å². The molecule has 1 saturated carbocycles. The van der Waals surface area contributed by atoms with Crippen molar-refractivity contribution in [2.45, 2.75) is 57.9 Å². The van der Waals surface area contributed by atoms with E-state index in [2.05, 4.69) is 5.32 Å². The van der Waals surface area contributed by atoms with E-state index in [9.17, 15) is 4.79 Å². The van der Waals surface area contributed by atoms with Crippen LogP contribution in [0, 0.1) is 5.92 Å². The Morgan fingerprint density at radius 3 is 2.47 bits per heavy atom. The molecule has 3 heteroatoms. The molecule has 1 atom stereocenters. The number of aliphatic hydroxyl groups is 1. The van der Waals surface area contributed by atoms with Crippen LogP contribution in [0.1, 0.15) is 51.9 Å². The highest BCUT2D eigenvalue weighted by Gasteiger charge is 2.20. The Balaban J connectivity index is 2.30. The topological polar surface area (TPSA) is 49.3 Å². The number of carbonyl (C=O) groups excluding carboxylic acids is 1. The van der Waals surface area contributed by atoms with Gasteiger partial charge < -0.3 is 10.4 Å². The maximum absolute atomic E-state index is 11.8. The van der Waals surface area contributed by atoms with Crippen molar-refractivity contribution in [1.29, 1.82) is 0 Å². The van der Waals surface area contributed by atoms with E-state index in [1.54, 1.807) is 0 Å². The van der Waals surface area contributed by atoms with E-state index >= 15 is 0 Å². The molecule has 15 heavy (non-hydrogen) atoms. The minimum absolute atomic E-state index is 0.103. The number of carbonyl (C=O) groups is 1. The van der Waals surface area contributed by atoms with Crippen LogP contribution in [0.15, 0.2) is 0 Å². The fourth-order valence-electron chi connectivity index (χ4n) is 2.17. The summed E-state index contributed by atoms with van der Waals surface area (Å²) in [5.74, 6) is 0.409. The number of amides is 1. The van der Waals surface area contributed by atoms with Gasteiger partial charge in [0.1, 0.15) is 0 Å². The summed E-state index contributed by atoms with van der Waals surface area (Å²) in [5, 5.41) is 11.7. The summed E-state index contributed by atoms with van der Waals surface area (Å²) in [4.78, 5) is 11.8. The van der Waals surface area contributed by atoms with Crippen LogP contribution in [0.25, 0.3) is 0 Å². The van der Waals surface area contributed by atoms with Crippen LogP contribution in [-0.2, 0) is 4.79 Å². The lowest BCUT2D eigenvalue weighted by Gasteiger charge is -2.18. The second-order valence-electron chi connectivity index (χ2n) is 4.61. The highest BCUT2D eigenvalue weighted by Crippen LogP contribution is 2.22. The Morgan fingerprint density at radius 1 is 1.33 bits per heavy atom. The van der Waals surface area contributed by atoms with Gasteiger partial charge in [0.05, 0.1) is 0 Å². The van der Waals surface area contributed by atoms with Crippen molar-refractivity contribution in [3.63, 3.8) is 0 Å². The molecule has 1 aliphatic rings. The minimum atomic E-state index is 0.103. The van der Waals surface area contributed by atoms with Gasteiger partial charge in [0.15, 0.2) is 0 Å². The van der Waals surface area contributed by atoms with Crippen molar-refractivity contribution in [2.24, 2.45) is 5.92 Å². The molecule has 0 aromatic rings. The maximum Gasteiger partial charge on any atom is 0.223 e. The molecule has 2 N–H and O–H groups in total. The van der Waals surface area contributed by atoms with E-state index in [0.29, 0.717) is 6.42 Å². The standard InChI is InChI=1S/C12H23NO2/c1-10(8-9-14)13-12(15)11-6-4-2-3-5-7-11/h10-11,14H,2-9H2,1H3,(H,13,15). The summed E-state index contributed by atoms with van der Waals surface area (Å²) >= 11 is 0. The fraction of sp³-hybridized carbons (Fsp3) is 0.917. The van der Waals surface area contributed by atoms with Gasteiger partial charge in [-0.15, -0.1) is 0 Å². The van der Waals surface area contributed by atoms with Crippen LogP contribution in [0.5, 0.6) is 0 Å². The molecule has 1 fully saturated rings. The summed E-state index contributed by atoms with van der Waals surface area (Å²) < 4.78 is 0. The summed E-state index contributed by atoms with van der Waals surface area (Å²) in [6.45, 7) is 2.09. The summed E-state index contributed by atoms with van der Waals surface area (Å²) in [5.41, 5.74) is 0. The van der Waals surface area contributed by atoms with Crippen molar-refractivity contribution in [3.05, 3.63) is 0 Å². The number of rotatable bonds is 4. The molecular formula is C12H23NO2. The molecule has 1 unspecified atom stereocenters. The first-order chi connectivity index (χ1) is 7.24. The first-order valence-electron chi connectivity index (χ1n) is 6.15. The van der Waals surface area contributed by atoms with Crippen LogP contribution in [0.3, 0.4) is 0 Å². The highest BCUT2D eigenvalue weighted by molar-refractivity contribution is 5.78. The van der Waals surface area contributed by atoms with Crippen LogP contribution < -0.4 is 5.32 Å². The van der Waals surface area contributed by atoms with Crippen LogP contribution in [0.4, 0.5) is 0 Å². The predicted molar refractivity (Wildman–Crippen MR) is 60.5 cm³/mol. The third-order valence-electron chi connectivity index (χ3n) is 3.18. The highest BCUT2D eigenvalue weighted by atomic mass is 16.3. The third-order valence-corrected chi connectivity index (χ3v) is 3.18. The van der Waals surface area contributed by atoms with Gasteiger partial charge in [-0.25, -0.2) is 0 Å². The van der Waals surface area contributed by atoms with Gasteiger partial charge in [0.2, 0.25) is 5.91 Å². The summed E-state index contributed by atoms with van der Waals surface area (Å²) in [6, 6.07) is 0.103. The quantitative estimate of drug-likeness (QED) is 0.700. The summed E-state index contributed by atoms with van der Waals surface area (Å²) in [6.07, 6.45) is 7.65. The Labute approximate surface area is 92.3 Å². The second kappa shape index (κ2) is 6.83. The molecule has 88 valence electrons. The average molecular weight is 213 g/mol. The molecule has 1 amide bonds. The van der Waals surface area contributed by atoms with Gasteiger partial charge >= 0.3 is 0 Å². The normalized spacial score (nSPS) is 20.7. The Kier molecular flexibility index (Phi) is 5.69. The van der Waals surface area contributed by atoms with Crippen molar-refractivity contribution < 1.29 is 9.90 Å². The SMILES string of the molecule is CC(CCO)NC(=O)C1CCCCCC1. The summed E-state index contributed by atoms with van der Waals surface area (Å²) in [7, 11) is 0. The van der Waals surface area contributed by atoms with Crippen molar-refractivity contribution >= 4 is 5.91 Å². The molecular weight excluding hydrogens is 190 g/mol. The Bertz CT molecular complexity index is 186. The van der Waals surface area contributed by atoms with Crippen LogP contribution in [0.2, 0.25) is 0 Å². The van der Waals surface area contributed by atoms with E-state index in [1.165, 1.54) is 25.7 Å². The lowest BCUT2D eigenvalue weighted by molar-refractivity contribution is -0.126. The second-order valence-corrected chi connectivity index (χ2v) is 4.61. The number of hydrogen-bond acceptors (Lipinski definition) is 2. The van der Waals surface area contributed by atoms with Gasteiger partial charge in [-0.2, -0.15) is 0 Å². The number of hydrogen-bond donors (Lipinski definition) is 2. The molecule has 3 nitrogen and oxygen atoms in total. The Hall–Kier alpha value is -0.570. The molecule has 0 aromatic carbocycles. The lowest BCUT2D eigenvalue weighted by Crippen LogP contribution is -2.37. The van der Waals surface area contributed by atoms with Crippen molar-refractivity contribution in [2.75, 3.05) is 6.61 Å². The smallest absolute Gasteiger partial charge is 0.223 e. The number of nitrogens with one attached hydrogen (secondary N) is 1. The van der Waals surface area contributed by atoms with E-state index in [0.717, 1.165) is 12.8 Å². The van der Waals surface area contributed by atoms with E-state index < -0.39 is 0 Å². The predicted octanol–water partition coefficient (Wildman–Crippen LogP) is 1.84. The van der Waals surface area contributed by atoms with Gasteiger partial charge in [-0.05, 0) is 26.2 Å². The van der Waals surface area contributed by atoms with E-state index in [4.69, 9.17) is 5.11 Å². The van der Waals surface area contributed by atoms with Gasteiger partial charge in [0.25, 0.3) is 0 Å². The van der Waals surface area contributed by atoms with E-state index in [-0.39, 0.29) is 24.5 Å². The first-order valence-corrected chi connectivity index (χ1v) is 6.15. The maximum atomic E-state index is 11.8. The van der Waals surface area contributed by atoms with Gasteiger partial charge in [-0.3, -0.25) is 4.79 Å². The molecule has 1 aliphatic carbocycles. The average Bonchev–Trinajstić information content (AvgIpc) is 2.45. The van der Waals surface area contributed by atoms with Gasteiger partial charge in [-0.1, -0.05) is 25.7 Å². The Morgan fingerprint density at radius 2 is 1.93 bits per heavy atom. The minimum Gasteiger partial charge on any atom is -0.396 e. The molecule has 0 heterocycles. The van der Waals surface area contributed by atoms with Crippen molar-refractivity contribution in [1.82, 2.24) is 5.32 Å². The number of aliphatic hydroxyl groups excluding tert-OH is 1. The van der Waals surface area contributed by atoms with Gasteiger partial charge in [0, 0.05) is 18.6 Å². The molecule has 0 radical (unpaired) electrons. The van der Waals surface area contributed by atoms with E-state index in [1.807, 2.05) is 6.92 Å². The zero-order valence-corrected chi connectivity index (χ0v) is 9.67. The largest absolute Gasteiger partial charge is 0.396 e.